The van der Waals surface area contributed by atoms with E-state index in [1.54, 1.807) is 6.07 Å². The lowest BCUT2D eigenvalue weighted by Gasteiger charge is -2.00. The van der Waals surface area contributed by atoms with Crippen molar-refractivity contribution in [3.05, 3.63) is 29.6 Å². The first-order valence-corrected chi connectivity index (χ1v) is 3.39. The predicted molar refractivity (Wildman–Crippen MR) is 39.8 cm³/mol. The van der Waals surface area contributed by atoms with Crippen molar-refractivity contribution >= 4 is 11.6 Å². The third-order valence-corrected chi connectivity index (χ3v) is 1.38. The Kier molecular flexibility index (Phi) is 2.25. The highest BCUT2D eigenvalue weighted by molar-refractivity contribution is 6.19. The number of aliphatic hydroxyl groups excluding tert-OH is 1. The minimum Gasteiger partial charge on any atom is -0.372 e. The van der Waals surface area contributed by atoms with E-state index in [1.807, 2.05) is 19.1 Å². The van der Waals surface area contributed by atoms with Crippen LogP contribution in [-0.4, -0.2) is 10.1 Å². The summed E-state index contributed by atoms with van der Waals surface area (Å²) in [5, 5.41) is 8.85. The van der Waals surface area contributed by atoms with Crippen LogP contribution in [0.2, 0.25) is 0 Å². The Hall–Kier alpha value is -0.600. The number of pyridine rings is 1. The van der Waals surface area contributed by atoms with Crippen molar-refractivity contribution in [2.75, 3.05) is 0 Å². The fourth-order valence-electron chi connectivity index (χ4n) is 0.697. The average molecular weight is 158 g/mol. The van der Waals surface area contributed by atoms with Crippen molar-refractivity contribution in [2.24, 2.45) is 0 Å². The van der Waals surface area contributed by atoms with Gasteiger partial charge in [-0.15, -0.1) is 0 Å². The molecule has 0 aromatic carbocycles. The summed E-state index contributed by atoms with van der Waals surface area (Å²) in [6.45, 7) is 1.85. The van der Waals surface area contributed by atoms with Gasteiger partial charge >= 0.3 is 0 Å². The van der Waals surface area contributed by atoms with E-state index < -0.39 is 5.56 Å². The van der Waals surface area contributed by atoms with E-state index in [0.29, 0.717) is 5.69 Å². The molecule has 54 valence electrons. The summed E-state index contributed by atoms with van der Waals surface area (Å²) in [6, 6.07) is 5.34. The van der Waals surface area contributed by atoms with Crippen LogP contribution >= 0.6 is 11.6 Å². The van der Waals surface area contributed by atoms with Crippen molar-refractivity contribution in [3.8, 4) is 0 Å². The molecule has 0 bridgehead atoms. The Bertz CT molecular complexity index is 225. The molecule has 0 aliphatic rings. The van der Waals surface area contributed by atoms with E-state index in [2.05, 4.69) is 4.98 Å². The van der Waals surface area contributed by atoms with Gasteiger partial charge in [0.15, 0.2) is 5.56 Å². The zero-order chi connectivity index (χ0) is 7.56. The molecule has 2 nitrogen and oxygen atoms in total. The van der Waals surface area contributed by atoms with Gasteiger partial charge in [-0.3, -0.25) is 4.98 Å². The van der Waals surface area contributed by atoms with E-state index in [1.165, 1.54) is 0 Å². The highest BCUT2D eigenvalue weighted by Crippen LogP contribution is 2.13. The highest BCUT2D eigenvalue weighted by atomic mass is 35.5. The molecule has 0 spiro atoms. The standard InChI is InChI=1S/C7H8ClNO/c1-5-3-2-4-6(9-5)7(8)10/h2-4,7,10H,1H3. The lowest BCUT2D eigenvalue weighted by atomic mass is 10.3. The third-order valence-electron chi connectivity index (χ3n) is 1.15. The summed E-state index contributed by atoms with van der Waals surface area (Å²) in [4.78, 5) is 3.99. The Morgan fingerprint density at radius 2 is 2.30 bits per heavy atom. The molecule has 0 aliphatic heterocycles. The molecule has 1 heterocycles. The molecule has 0 aliphatic carbocycles. The van der Waals surface area contributed by atoms with Gasteiger partial charge in [0.25, 0.3) is 0 Å². The van der Waals surface area contributed by atoms with Crippen LogP contribution in [0.5, 0.6) is 0 Å². The molecule has 1 unspecified atom stereocenters. The zero-order valence-electron chi connectivity index (χ0n) is 5.58. The first kappa shape index (κ1) is 7.51. The Labute approximate surface area is 64.5 Å². The van der Waals surface area contributed by atoms with Gasteiger partial charge in [0.2, 0.25) is 0 Å². The maximum absolute atomic E-state index is 8.85. The Morgan fingerprint density at radius 3 is 2.70 bits per heavy atom. The quantitative estimate of drug-likeness (QED) is 0.629. The molecule has 0 saturated heterocycles. The molecule has 1 aromatic heterocycles. The summed E-state index contributed by atoms with van der Waals surface area (Å²) in [6.07, 6.45) is 0. The first-order valence-electron chi connectivity index (χ1n) is 2.96. The Morgan fingerprint density at radius 1 is 1.60 bits per heavy atom. The predicted octanol–water partition coefficient (Wildman–Crippen LogP) is 1.62. The number of hydrogen-bond acceptors (Lipinski definition) is 2. The summed E-state index contributed by atoms with van der Waals surface area (Å²) < 4.78 is 0. The van der Waals surface area contributed by atoms with Crippen molar-refractivity contribution in [3.63, 3.8) is 0 Å². The number of halogens is 1. The van der Waals surface area contributed by atoms with Gasteiger partial charge in [-0.25, -0.2) is 0 Å². The van der Waals surface area contributed by atoms with Gasteiger partial charge in [0.05, 0.1) is 5.69 Å². The second-order valence-electron chi connectivity index (χ2n) is 2.04. The van der Waals surface area contributed by atoms with E-state index in [9.17, 15) is 0 Å². The molecule has 10 heavy (non-hydrogen) atoms. The third kappa shape index (κ3) is 1.69. The van der Waals surface area contributed by atoms with E-state index >= 15 is 0 Å². The van der Waals surface area contributed by atoms with E-state index in [0.717, 1.165) is 5.69 Å². The van der Waals surface area contributed by atoms with E-state index in [4.69, 9.17) is 16.7 Å². The van der Waals surface area contributed by atoms with Crippen LogP contribution in [-0.2, 0) is 0 Å². The van der Waals surface area contributed by atoms with Crippen LogP contribution in [0.1, 0.15) is 17.0 Å². The lowest BCUT2D eigenvalue weighted by Crippen LogP contribution is -1.93. The van der Waals surface area contributed by atoms with Gasteiger partial charge in [0.1, 0.15) is 0 Å². The molecule has 1 N–H and O–H groups in total. The van der Waals surface area contributed by atoms with Gasteiger partial charge < -0.3 is 5.11 Å². The SMILES string of the molecule is Cc1cccc(C(O)Cl)n1. The van der Waals surface area contributed by atoms with Gasteiger partial charge in [-0.1, -0.05) is 17.7 Å². The second kappa shape index (κ2) is 2.99. The van der Waals surface area contributed by atoms with Crippen molar-refractivity contribution in [2.45, 2.75) is 12.5 Å². The summed E-state index contributed by atoms with van der Waals surface area (Å²) in [5.74, 6) is 0. The number of rotatable bonds is 1. The number of alkyl halides is 1. The summed E-state index contributed by atoms with van der Waals surface area (Å²) >= 11 is 5.37. The minimum atomic E-state index is -0.986. The molecular weight excluding hydrogens is 150 g/mol. The van der Waals surface area contributed by atoms with Crippen LogP contribution in [0.3, 0.4) is 0 Å². The molecule has 0 radical (unpaired) electrons. The number of aryl methyl sites for hydroxylation is 1. The molecule has 1 rings (SSSR count). The fourth-order valence-corrected chi connectivity index (χ4v) is 0.818. The van der Waals surface area contributed by atoms with Gasteiger partial charge in [0, 0.05) is 5.69 Å². The normalized spacial score (nSPS) is 13.1. The van der Waals surface area contributed by atoms with Crippen LogP contribution < -0.4 is 0 Å². The monoisotopic (exact) mass is 157 g/mol. The minimum absolute atomic E-state index is 0.502. The van der Waals surface area contributed by atoms with Gasteiger partial charge in [-0.05, 0) is 19.1 Å². The molecule has 0 fully saturated rings. The number of nitrogens with zero attached hydrogens (tertiary/aromatic N) is 1. The Balaban J connectivity index is 2.96. The molecule has 3 heteroatoms. The molecule has 0 amide bonds. The molecule has 1 aromatic rings. The first-order chi connectivity index (χ1) is 4.70. The number of hydrogen-bond donors (Lipinski definition) is 1. The number of aromatic nitrogens is 1. The summed E-state index contributed by atoms with van der Waals surface area (Å²) in [7, 11) is 0. The topological polar surface area (TPSA) is 33.1 Å². The summed E-state index contributed by atoms with van der Waals surface area (Å²) in [5.41, 5.74) is 0.374. The van der Waals surface area contributed by atoms with Crippen LogP contribution in [0.4, 0.5) is 0 Å². The zero-order valence-corrected chi connectivity index (χ0v) is 6.34. The van der Waals surface area contributed by atoms with Crippen molar-refractivity contribution in [1.29, 1.82) is 0 Å². The smallest absolute Gasteiger partial charge is 0.170 e. The van der Waals surface area contributed by atoms with Crippen LogP contribution in [0, 0.1) is 6.92 Å². The van der Waals surface area contributed by atoms with Crippen LogP contribution in [0.25, 0.3) is 0 Å². The molecular formula is C7H8ClNO. The fraction of sp³-hybridized carbons (Fsp3) is 0.286. The number of aliphatic hydroxyl groups is 1. The maximum Gasteiger partial charge on any atom is 0.170 e. The van der Waals surface area contributed by atoms with Crippen molar-refractivity contribution in [1.82, 2.24) is 4.98 Å². The average Bonchev–Trinajstić information content (AvgIpc) is 1.88. The second-order valence-corrected chi connectivity index (χ2v) is 2.45. The highest BCUT2D eigenvalue weighted by Gasteiger charge is 2.02. The lowest BCUT2D eigenvalue weighted by molar-refractivity contribution is 0.257. The molecule has 0 saturated carbocycles. The maximum atomic E-state index is 8.85. The van der Waals surface area contributed by atoms with Crippen LogP contribution in [0.15, 0.2) is 18.2 Å². The molecule has 1 atom stereocenters. The van der Waals surface area contributed by atoms with E-state index in [-0.39, 0.29) is 0 Å². The largest absolute Gasteiger partial charge is 0.372 e. The van der Waals surface area contributed by atoms with Crippen molar-refractivity contribution < 1.29 is 5.11 Å². The van der Waals surface area contributed by atoms with Gasteiger partial charge in [-0.2, -0.15) is 0 Å².